The molecule has 0 radical (unpaired) electrons. The average Bonchev–Trinajstić information content (AvgIpc) is 2.83. The third-order valence-electron chi connectivity index (χ3n) is 3.08. The second-order valence-corrected chi connectivity index (χ2v) is 5.86. The molecule has 1 heterocycles. The van der Waals surface area contributed by atoms with Crippen LogP contribution >= 0.6 is 11.6 Å². The van der Waals surface area contributed by atoms with E-state index in [1.807, 2.05) is 25.1 Å². The Labute approximate surface area is 125 Å². The quantitative estimate of drug-likeness (QED) is 0.815. The molecule has 0 aliphatic heterocycles. The van der Waals surface area contributed by atoms with E-state index in [0.29, 0.717) is 5.92 Å². The van der Waals surface area contributed by atoms with E-state index in [0.717, 1.165) is 47.3 Å². The molecular formula is C16H21ClN2O. The Morgan fingerprint density at radius 2 is 2.15 bits per heavy atom. The van der Waals surface area contributed by atoms with Crippen LogP contribution in [0.15, 0.2) is 28.8 Å². The molecule has 108 valence electrons. The highest BCUT2D eigenvalue weighted by Crippen LogP contribution is 2.26. The molecule has 0 atom stereocenters. The van der Waals surface area contributed by atoms with Gasteiger partial charge in [-0.3, -0.25) is 0 Å². The highest BCUT2D eigenvalue weighted by atomic mass is 35.5. The SMILES string of the molecule is Cc1cc(Cl)ccc1-c1cnc(CCNCC(C)C)o1. The highest BCUT2D eigenvalue weighted by Gasteiger charge is 2.09. The fourth-order valence-electron chi connectivity index (χ4n) is 2.04. The first-order valence-corrected chi connectivity index (χ1v) is 7.36. The number of benzene rings is 1. The van der Waals surface area contributed by atoms with Gasteiger partial charge >= 0.3 is 0 Å². The van der Waals surface area contributed by atoms with Crippen LogP contribution in [0.4, 0.5) is 0 Å². The number of nitrogens with zero attached hydrogens (tertiary/aromatic N) is 1. The zero-order valence-corrected chi connectivity index (χ0v) is 13.0. The van der Waals surface area contributed by atoms with Crippen LogP contribution in [-0.2, 0) is 6.42 Å². The van der Waals surface area contributed by atoms with E-state index in [-0.39, 0.29) is 0 Å². The lowest BCUT2D eigenvalue weighted by molar-refractivity contribution is 0.483. The predicted octanol–water partition coefficient (Wildman–Crippen LogP) is 4.09. The smallest absolute Gasteiger partial charge is 0.196 e. The van der Waals surface area contributed by atoms with Crippen molar-refractivity contribution in [2.75, 3.05) is 13.1 Å². The van der Waals surface area contributed by atoms with Crippen LogP contribution in [0.3, 0.4) is 0 Å². The second-order valence-electron chi connectivity index (χ2n) is 5.43. The summed E-state index contributed by atoms with van der Waals surface area (Å²) < 4.78 is 5.80. The van der Waals surface area contributed by atoms with E-state index in [4.69, 9.17) is 16.0 Å². The minimum atomic E-state index is 0.659. The van der Waals surface area contributed by atoms with Gasteiger partial charge in [0.1, 0.15) is 0 Å². The Balaban J connectivity index is 1.98. The lowest BCUT2D eigenvalue weighted by Crippen LogP contribution is -2.22. The van der Waals surface area contributed by atoms with Crippen molar-refractivity contribution in [2.24, 2.45) is 5.92 Å². The van der Waals surface area contributed by atoms with Crippen molar-refractivity contribution < 1.29 is 4.42 Å². The number of hydrogen-bond acceptors (Lipinski definition) is 3. The molecule has 2 aromatic rings. The van der Waals surface area contributed by atoms with Gasteiger partial charge in [0.2, 0.25) is 0 Å². The lowest BCUT2D eigenvalue weighted by atomic mass is 10.1. The second kappa shape index (κ2) is 6.91. The van der Waals surface area contributed by atoms with Crippen LogP contribution in [0.5, 0.6) is 0 Å². The van der Waals surface area contributed by atoms with Crippen LogP contribution in [0.2, 0.25) is 5.02 Å². The fraction of sp³-hybridized carbons (Fsp3) is 0.438. The number of oxazole rings is 1. The van der Waals surface area contributed by atoms with E-state index < -0.39 is 0 Å². The minimum Gasteiger partial charge on any atom is -0.441 e. The van der Waals surface area contributed by atoms with E-state index in [9.17, 15) is 0 Å². The van der Waals surface area contributed by atoms with E-state index in [2.05, 4.69) is 24.1 Å². The molecule has 0 saturated heterocycles. The molecule has 0 fully saturated rings. The molecule has 0 spiro atoms. The van der Waals surface area contributed by atoms with Crippen molar-refractivity contribution in [3.8, 4) is 11.3 Å². The van der Waals surface area contributed by atoms with Crippen LogP contribution in [0.25, 0.3) is 11.3 Å². The first kappa shape index (κ1) is 15.1. The van der Waals surface area contributed by atoms with Gasteiger partial charge in [-0.25, -0.2) is 4.98 Å². The average molecular weight is 293 g/mol. The predicted molar refractivity (Wildman–Crippen MR) is 83.1 cm³/mol. The number of aryl methyl sites for hydroxylation is 1. The summed E-state index contributed by atoms with van der Waals surface area (Å²) in [6.07, 6.45) is 2.59. The molecule has 1 N–H and O–H groups in total. The molecule has 4 heteroatoms. The van der Waals surface area contributed by atoms with Gasteiger partial charge in [0.25, 0.3) is 0 Å². The van der Waals surface area contributed by atoms with Crippen molar-refractivity contribution in [3.63, 3.8) is 0 Å². The van der Waals surface area contributed by atoms with E-state index in [1.54, 1.807) is 6.20 Å². The van der Waals surface area contributed by atoms with Crippen LogP contribution < -0.4 is 5.32 Å². The number of aromatic nitrogens is 1. The third kappa shape index (κ3) is 4.09. The van der Waals surface area contributed by atoms with Crippen molar-refractivity contribution in [1.82, 2.24) is 10.3 Å². The topological polar surface area (TPSA) is 38.1 Å². The maximum Gasteiger partial charge on any atom is 0.196 e. The molecule has 3 nitrogen and oxygen atoms in total. The Kier molecular flexibility index (Phi) is 5.21. The normalized spacial score (nSPS) is 11.2. The summed E-state index contributed by atoms with van der Waals surface area (Å²) in [6.45, 7) is 8.31. The Morgan fingerprint density at radius 3 is 2.85 bits per heavy atom. The molecule has 1 aromatic carbocycles. The van der Waals surface area contributed by atoms with Crippen LogP contribution in [0.1, 0.15) is 25.3 Å². The van der Waals surface area contributed by atoms with Crippen molar-refractivity contribution >= 4 is 11.6 Å². The molecule has 0 unspecified atom stereocenters. The summed E-state index contributed by atoms with van der Waals surface area (Å²) in [5.41, 5.74) is 2.14. The van der Waals surface area contributed by atoms with Gasteiger partial charge in [0.05, 0.1) is 6.20 Å². The van der Waals surface area contributed by atoms with Crippen molar-refractivity contribution in [3.05, 3.63) is 40.9 Å². The van der Waals surface area contributed by atoms with Gasteiger partial charge in [-0.05, 0) is 43.1 Å². The van der Waals surface area contributed by atoms with Crippen LogP contribution in [0, 0.1) is 12.8 Å². The number of hydrogen-bond donors (Lipinski definition) is 1. The Bertz CT molecular complexity index is 563. The van der Waals surface area contributed by atoms with E-state index in [1.165, 1.54) is 0 Å². The Morgan fingerprint density at radius 1 is 1.35 bits per heavy atom. The third-order valence-corrected chi connectivity index (χ3v) is 3.31. The van der Waals surface area contributed by atoms with Crippen molar-refractivity contribution in [1.29, 1.82) is 0 Å². The fourth-order valence-corrected chi connectivity index (χ4v) is 2.27. The van der Waals surface area contributed by atoms with E-state index >= 15 is 0 Å². The molecule has 2 rings (SSSR count). The Hall–Kier alpha value is -1.32. The zero-order valence-electron chi connectivity index (χ0n) is 12.2. The monoisotopic (exact) mass is 292 g/mol. The number of nitrogens with one attached hydrogen (secondary N) is 1. The maximum atomic E-state index is 5.97. The number of rotatable bonds is 6. The first-order valence-electron chi connectivity index (χ1n) is 6.98. The number of halogens is 1. The van der Waals surface area contributed by atoms with Gasteiger partial charge in [0, 0.05) is 23.6 Å². The zero-order chi connectivity index (χ0) is 14.5. The van der Waals surface area contributed by atoms with Gasteiger partial charge in [-0.15, -0.1) is 0 Å². The van der Waals surface area contributed by atoms with Gasteiger partial charge < -0.3 is 9.73 Å². The van der Waals surface area contributed by atoms with Gasteiger partial charge in [-0.1, -0.05) is 25.4 Å². The minimum absolute atomic E-state index is 0.659. The molecule has 0 aliphatic rings. The maximum absolute atomic E-state index is 5.97. The van der Waals surface area contributed by atoms with Gasteiger partial charge in [0.15, 0.2) is 11.7 Å². The largest absolute Gasteiger partial charge is 0.441 e. The van der Waals surface area contributed by atoms with Crippen molar-refractivity contribution in [2.45, 2.75) is 27.2 Å². The molecule has 0 aliphatic carbocycles. The molecule has 20 heavy (non-hydrogen) atoms. The highest BCUT2D eigenvalue weighted by molar-refractivity contribution is 6.30. The summed E-state index contributed by atoms with van der Waals surface area (Å²) in [5.74, 6) is 2.23. The summed E-state index contributed by atoms with van der Waals surface area (Å²) in [6, 6.07) is 5.78. The first-order chi connectivity index (χ1) is 9.56. The molecular weight excluding hydrogens is 272 g/mol. The lowest BCUT2D eigenvalue weighted by Gasteiger charge is -2.05. The standard InChI is InChI=1S/C16H21ClN2O/c1-11(2)9-18-7-6-16-19-10-15(20-16)14-5-4-13(17)8-12(14)3/h4-5,8,10-11,18H,6-7,9H2,1-3H3. The molecule has 0 bridgehead atoms. The summed E-state index contributed by atoms with van der Waals surface area (Å²) in [5, 5.41) is 4.12. The molecule has 0 amide bonds. The molecule has 1 aromatic heterocycles. The summed E-state index contributed by atoms with van der Waals surface area (Å²) >= 11 is 5.97. The van der Waals surface area contributed by atoms with Gasteiger partial charge in [-0.2, -0.15) is 0 Å². The van der Waals surface area contributed by atoms with Crippen LogP contribution in [-0.4, -0.2) is 18.1 Å². The summed E-state index contributed by atoms with van der Waals surface area (Å²) in [4.78, 5) is 4.33. The summed E-state index contributed by atoms with van der Waals surface area (Å²) in [7, 11) is 0. The molecule has 0 saturated carbocycles.